The van der Waals surface area contributed by atoms with Crippen molar-refractivity contribution in [3.05, 3.63) is 35.4 Å². The Balaban J connectivity index is 2.41. The highest BCUT2D eigenvalue weighted by Crippen LogP contribution is 2.18. The molecule has 0 amide bonds. The summed E-state index contributed by atoms with van der Waals surface area (Å²) in [5, 5.41) is 3.54. The lowest BCUT2D eigenvalue weighted by Gasteiger charge is -2.18. The highest BCUT2D eigenvalue weighted by Gasteiger charge is 2.10. The van der Waals surface area contributed by atoms with Crippen LogP contribution in [0.4, 0.5) is 0 Å². The lowest BCUT2D eigenvalue weighted by atomic mass is 9.91. The molecule has 1 heteroatoms. The maximum atomic E-state index is 3.54. The molecule has 1 unspecified atom stereocenters. The lowest BCUT2D eigenvalue weighted by Crippen LogP contribution is -2.24. The molecule has 0 saturated heterocycles. The molecule has 1 aromatic carbocycles. The Morgan fingerprint density at radius 3 is 2.45 bits per heavy atom. The fourth-order valence-corrected chi connectivity index (χ4v) is 2.81. The van der Waals surface area contributed by atoms with Crippen molar-refractivity contribution in [2.45, 2.75) is 65.7 Å². The van der Waals surface area contributed by atoms with E-state index >= 15 is 0 Å². The van der Waals surface area contributed by atoms with E-state index in [0.717, 1.165) is 12.5 Å². The van der Waals surface area contributed by atoms with Gasteiger partial charge in [-0.15, -0.1) is 0 Å². The molecule has 0 spiro atoms. The lowest BCUT2D eigenvalue weighted by molar-refractivity contribution is 0.424. The van der Waals surface area contributed by atoms with Gasteiger partial charge >= 0.3 is 0 Å². The van der Waals surface area contributed by atoms with Gasteiger partial charge < -0.3 is 5.32 Å². The molecule has 1 rings (SSSR count). The minimum absolute atomic E-state index is 0.790. The maximum Gasteiger partial charge on any atom is -0.00175 e. The molecule has 1 atom stereocenters. The van der Waals surface area contributed by atoms with Crippen LogP contribution in [0.1, 0.15) is 63.5 Å². The van der Waals surface area contributed by atoms with Crippen molar-refractivity contribution < 1.29 is 0 Å². The second-order valence-corrected chi connectivity index (χ2v) is 6.01. The predicted molar refractivity (Wildman–Crippen MR) is 90.3 cm³/mol. The third-order valence-corrected chi connectivity index (χ3v) is 4.17. The first-order valence-electron chi connectivity index (χ1n) is 8.53. The van der Waals surface area contributed by atoms with Crippen LogP contribution in [-0.4, -0.2) is 13.1 Å². The zero-order chi connectivity index (χ0) is 14.6. The van der Waals surface area contributed by atoms with Gasteiger partial charge in [-0.05, 0) is 49.9 Å². The second-order valence-electron chi connectivity index (χ2n) is 6.01. The van der Waals surface area contributed by atoms with Gasteiger partial charge in [0.1, 0.15) is 0 Å². The van der Waals surface area contributed by atoms with Crippen LogP contribution in [0.2, 0.25) is 0 Å². The average Bonchev–Trinajstić information content (AvgIpc) is 2.46. The first-order valence-corrected chi connectivity index (χ1v) is 8.53. The van der Waals surface area contributed by atoms with Gasteiger partial charge in [0.15, 0.2) is 0 Å². The maximum absolute atomic E-state index is 3.54. The van der Waals surface area contributed by atoms with E-state index in [1.807, 2.05) is 0 Å². The van der Waals surface area contributed by atoms with Crippen LogP contribution in [0.5, 0.6) is 0 Å². The first-order chi connectivity index (χ1) is 9.77. The van der Waals surface area contributed by atoms with Crippen molar-refractivity contribution in [2.75, 3.05) is 13.1 Å². The number of benzene rings is 1. The van der Waals surface area contributed by atoms with Crippen LogP contribution in [-0.2, 0) is 6.42 Å². The molecule has 0 aliphatic rings. The van der Waals surface area contributed by atoms with Gasteiger partial charge in [-0.2, -0.15) is 0 Å². The van der Waals surface area contributed by atoms with Crippen LogP contribution in [0.3, 0.4) is 0 Å². The summed E-state index contributed by atoms with van der Waals surface area (Å²) in [5.41, 5.74) is 2.98. The average molecular weight is 275 g/mol. The van der Waals surface area contributed by atoms with Crippen molar-refractivity contribution in [3.8, 4) is 0 Å². The third kappa shape index (κ3) is 7.09. The van der Waals surface area contributed by atoms with E-state index in [-0.39, 0.29) is 0 Å². The van der Waals surface area contributed by atoms with Crippen LogP contribution in [0.25, 0.3) is 0 Å². The standard InChI is InChI=1S/C19H33N/c1-4-6-7-8-9-13-18(16-20-5-2)15-19-14-11-10-12-17(19)3/h10-12,14,18,20H,4-9,13,15-16H2,1-3H3. The van der Waals surface area contributed by atoms with E-state index in [1.165, 1.54) is 62.6 Å². The van der Waals surface area contributed by atoms with Gasteiger partial charge in [0, 0.05) is 0 Å². The Hall–Kier alpha value is -0.820. The molecule has 0 aromatic heterocycles. The van der Waals surface area contributed by atoms with Gasteiger partial charge in [0.25, 0.3) is 0 Å². The summed E-state index contributed by atoms with van der Waals surface area (Å²) in [6, 6.07) is 8.85. The number of unbranched alkanes of at least 4 members (excludes halogenated alkanes) is 4. The molecule has 20 heavy (non-hydrogen) atoms. The van der Waals surface area contributed by atoms with E-state index in [4.69, 9.17) is 0 Å². The highest BCUT2D eigenvalue weighted by atomic mass is 14.8. The number of nitrogens with one attached hydrogen (secondary N) is 1. The molecule has 0 fully saturated rings. The topological polar surface area (TPSA) is 12.0 Å². The quantitative estimate of drug-likeness (QED) is 0.552. The van der Waals surface area contributed by atoms with Crippen LogP contribution in [0, 0.1) is 12.8 Å². The molecule has 0 aliphatic heterocycles. The van der Waals surface area contributed by atoms with Gasteiger partial charge in [0.2, 0.25) is 0 Å². The Bertz CT molecular complexity index is 345. The van der Waals surface area contributed by atoms with Crippen molar-refractivity contribution in [3.63, 3.8) is 0 Å². The number of hydrogen-bond donors (Lipinski definition) is 1. The molecule has 0 bridgehead atoms. The molecule has 0 heterocycles. The van der Waals surface area contributed by atoms with Crippen molar-refractivity contribution in [1.29, 1.82) is 0 Å². The normalized spacial score (nSPS) is 12.6. The first kappa shape index (κ1) is 17.2. The number of rotatable bonds is 11. The van der Waals surface area contributed by atoms with Crippen molar-refractivity contribution in [1.82, 2.24) is 5.32 Å². The minimum Gasteiger partial charge on any atom is -0.317 e. The molecule has 1 aromatic rings. The summed E-state index contributed by atoms with van der Waals surface area (Å²) < 4.78 is 0. The predicted octanol–water partition coefficient (Wildman–Crippen LogP) is 5.12. The SMILES string of the molecule is CCCCCCCC(CNCC)Cc1ccccc1C. The number of aryl methyl sites for hydroxylation is 1. The van der Waals surface area contributed by atoms with Gasteiger partial charge in [-0.3, -0.25) is 0 Å². The van der Waals surface area contributed by atoms with Crippen LogP contribution >= 0.6 is 0 Å². The molecule has 0 radical (unpaired) electrons. The summed E-state index contributed by atoms with van der Waals surface area (Å²) >= 11 is 0. The fraction of sp³-hybridized carbons (Fsp3) is 0.684. The zero-order valence-corrected chi connectivity index (χ0v) is 13.8. The van der Waals surface area contributed by atoms with E-state index in [0.29, 0.717) is 0 Å². The Morgan fingerprint density at radius 1 is 1.00 bits per heavy atom. The summed E-state index contributed by atoms with van der Waals surface area (Å²) in [5.74, 6) is 0.790. The van der Waals surface area contributed by atoms with E-state index in [9.17, 15) is 0 Å². The largest absolute Gasteiger partial charge is 0.317 e. The molecule has 1 N–H and O–H groups in total. The van der Waals surface area contributed by atoms with Gasteiger partial charge in [-0.25, -0.2) is 0 Å². The Labute approximate surface area is 126 Å². The van der Waals surface area contributed by atoms with Gasteiger partial charge in [-0.1, -0.05) is 70.2 Å². The summed E-state index contributed by atoms with van der Waals surface area (Å²) in [6.45, 7) is 8.97. The highest BCUT2D eigenvalue weighted by molar-refractivity contribution is 5.25. The molecular formula is C19H33N. The summed E-state index contributed by atoms with van der Waals surface area (Å²) in [4.78, 5) is 0. The molecular weight excluding hydrogens is 242 g/mol. The number of hydrogen-bond acceptors (Lipinski definition) is 1. The Kier molecular flexibility index (Phi) is 9.40. The Morgan fingerprint density at radius 2 is 1.75 bits per heavy atom. The van der Waals surface area contributed by atoms with Crippen LogP contribution < -0.4 is 5.32 Å². The van der Waals surface area contributed by atoms with E-state index in [2.05, 4.69) is 50.4 Å². The van der Waals surface area contributed by atoms with Crippen molar-refractivity contribution >= 4 is 0 Å². The second kappa shape index (κ2) is 10.9. The fourth-order valence-electron chi connectivity index (χ4n) is 2.81. The molecule has 1 nitrogen and oxygen atoms in total. The van der Waals surface area contributed by atoms with Crippen molar-refractivity contribution in [2.24, 2.45) is 5.92 Å². The monoisotopic (exact) mass is 275 g/mol. The molecule has 0 saturated carbocycles. The molecule has 0 aliphatic carbocycles. The van der Waals surface area contributed by atoms with Gasteiger partial charge in [0.05, 0.1) is 0 Å². The smallest absolute Gasteiger partial charge is 0.00175 e. The van der Waals surface area contributed by atoms with E-state index < -0.39 is 0 Å². The summed E-state index contributed by atoms with van der Waals surface area (Å²) in [6.07, 6.45) is 9.54. The molecule has 114 valence electrons. The van der Waals surface area contributed by atoms with E-state index in [1.54, 1.807) is 0 Å². The third-order valence-electron chi connectivity index (χ3n) is 4.17. The zero-order valence-electron chi connectivity index (χ0n) is 13.8. The van der Waals surface area contributed by atoms with Crippen LogP contribution in [0.15, 0.2) is 24.3 Å². The minimum atomic E-state index is 0.790. The summed E-state index contributed by atoms with van der Waals surface area (Å²) in [7, 11) is 0.